The lowest BCUT2D eigenvalue weighted by Gasteiger charge is -2.52. The molecule has 0 amide bonds. The van der Waals surface area contributed by atoms with Crippen LogP contribution in [0, 0.1) is 17.3 Å². The van der Waals surface area contributed by atoms with E-state index in [4.69, 9.17) is 14.2 Å². The Morgan fingerprint density at radius 3 is 2.77 bits per heavy atom. The van der Waals surface area contributed by atoms with E-state index in [9.17, 15) is 14.7 Å². The number of esters is 1. The minimum Gasteiger partial charge on any atom is -0.458 e. The zero-order chi connectivity index (χ0) is 18.2. The number of carbonyl (C=O) groups excluding carboxylic acids is 2. The first-order chi connectivity index (χ1) is 12.3. The van der Waals surface area contributed by atoms with Crippen LogP contribution < -0.4 is 0 Å². The van der Waals surface area contributed by atoms with E-state index in [0.717, 1.165) is 11.1 Å². The maximum Gasteiger partial charge on any atom is 0.337 e. The molecule has 26 heavy (non-hydrogen) atoms. The van der Waals surface area contributed by atoms with Crippen LogP contribution in [0.15, 0.2) is 22.8 Å². The van der Waals surface area contributed by atoms with Crippen LogP contribution >= 0.6 is 0 Å². The van der Waals surface area contributed by atoms with Crippen molar-refractivity contribution >= 4 is 11.8 Å². The zero-order valence-corrected chi connectivity index (χ0v) is 15.1. The van der Waals surface area contributed by atoms with Gasteiger partial charge in [0.1, 0.15) is 18.3 Å². The van der Waals surface area contributed by atoms with E-state index in [1.54, 1.807) is 0 Å². The van der Waals surface area contributed by atoms with Crippen LogP contribution in [0.5, 0.6) is 0 Å². The number of fused-ring (bicyclic) bond motifs is 2. The second kappa shape index (κ2) is 4.16. The summed E-state index contributed by atoms with van der Waals surface area (Å²) >= 11 is 0. The van der Waals surface area contributed by atoms with E-state index in [1.807, 2.05) is 19.9 Å². The van der Waals surface area contributed by atoms with E-state index < -0.39 is 28.7 Å². The molecule has 6 nitrogen and oxygen atoms in total. The number of cyclic esters (lactones) is 1. The van der Waals surface area contributed by atoms with E-state index in [0.29, 0.717) is 18.4 Å². The summed E-state index contributed by atoms with van der Waals surface area (Å²) in [5.74, 6) is -0.198. The SMILES string of the molecule is CC(C)C1=C[C@@H]2O[C@@]23[C@@]2(C)C[C@H](O)C4=C(COC4=O)[C@@H]2C[C@@H]2O[C@@]23C1=O. The minimum absolute atomic E-state index is 0.0276. The molecule has 3 aliphatic heterocycles. The number of epoxide rings is 2. The smallest absolute Gasteiger partial charge is 0.337 e. The first-order valence-corrected chi connectivity index (χ1v) is 9.48. The predicted octanol–water partition coefficient (Wildman–Crippen LogP) is 1.07. The van der Waals surface area contributed by atoms with Crippen LogP contribution in [0.25, 0.3) is 0 Å². The standard InChI is InChI=1S/C20H22O6/c1-8(2)9-4-14-20(26-14)18(3)6-12(21)15-10(7-24-17(15)23)11(18)5-13-19(20,25-13)16(9)22/h4,8,11-14,21H,5-7H2,1-3H3/t11-,12-,13-,14-,18-,19+,20+/m0/s1. The lowest BCUT2D eigenvalue weighted by molar-refractivity contribution is -0.137. The highest BCUT2D eigenvalue weighted by Gasteiger charge is 2.92. The highest BCUT2D eigenvalue weighted by Crippen LogP contribution is 2.77. The summed E-state index contributed by atoms with van der Waals surface area (Å²) in [6.07, 6.45) is 1.81. The Bertz CT molecular complexity index is 854. The fraction of sp³-hybridized carbons (Fsp3) is 0.700. The topological polar surface area (TPSA) is 88.7 Å². The molecule has 2 spiro atoms. The Kier molecular flexibility index (Phi) is 2.49. The maximum atomic E-state index is 13.3. The lowest BCUT2D eigenvalue weighted by atomic mass is 9.48. The molecular formula is C20H22O6. The van der Waals surface area contributed by atoms with Gasteiger partial charge in [0.15, 0.2) is 11.4 Å². The van der Waals surface area contributed by atoms with Gasteiger partial charge < -0.3 is 19.3 Å². The number of Topliss-reactive ketones (excluding diaryl/α,β-unsaturated/α-hetero) is 1. The Labute approximate surface area is 151 Å². The van der Waals surface area contributed by atoms with Crippen LogP contribution in [0.3, 0.4) is 0 Å². The van der Waals surface area contributed by atoms with Crippen LogP contribution in [-0.2, 0) is 23.8 Å². The molecule has 2 saturated heterocycles. The molecule has 0 aromatic rings. The van der Waals surface area contributed by atoms with Crippen LogP contribution in [0.1, 0.15) is 33.6 Å². The first kappa shape index (κ1) is 15.5. The number of hydrogen-bond acceptors (Lipinski definition) is 6. The Morgan fingerprint density at radius 2 is 2.04 bits per heavy atom. The Hall–Kier alpha value is -1.50. The molecule has 138 valence electrons. The second-order valence-electron chi connectivity index (χ2n) is 9.16. The van der Waals surface area contributed by atoms with Gasteiger partial charge in [0.05, 0.1) is 17.8 Å². The molecule has 7 atom stereocenters. The average molecular weight is 358 g/mol. The van der Waals surface area contributed by atoms with E-state index in [2.05, 4.69) is 6.92 Å². The molecule has 0 aromatic heterocycles. The molecule has 0 bridgehead atoms. The van der Waals surface area contributed by atoms with E-state index in [-0.39, 0.29) is 36.4 Å². The second-order valence-corrected chi connectivity index (χ2v) is 9.16. The normalized spacial score (nSPS) is 53.2. The number of ketones is 1. The van der Waals surface area contributed by atoms with Crippen molar-refractivity contribution in [2.75, 3.05) is 6.61 Å². The van der Waals surface area contributed by atoms with Crippen molar-refractivity contribution in [1.82, 2.24) is 0 Å². The Balaban J connectivity index is 1.53. The summed E-state index contributed by atoms with van der Waals surface area (Å²) in [6.45, 7) is 6.36. The van der Waals surface area contributed by atoms with Crippen molar-refractivity contribution in [2.45, 2.75) is 63.1 Å². The number of ether oxygens (including phenoxy) is 3. The number of hydrogen-bond donors (Lipinski definition) is 1. The van der Waals surface area contributed by atoms with Gasteiger partial charge >= 0.3 is 5.97 Å². The monoisotopic (exact) mass is 358 g/mol. The van der Waals surface area contributed by atoms with Crippen LogP contribution in [0.2, 0.25) is 0 Å². The van der Waals surface area contributed by atoms with Crippen molar-refractivity contribution in [3.05, 3.63) is 22.8 Å². The van der Waals surface area contributed by atoms with Gasteiger partial charge in [-0.3, -0.25) is 4.79 Å². The van der Waals surface area contributed by atoms with Gasteiger partial charge in [0.25, 0.3) is 0 Å². The molecule has 0 unspecified atom stereocenters. The molecule has 6 rings (SSSR count). The van der Waals surface area contributed by atoms with Gasteiger partial charge in [-0.1, -0.05) is 20.8 Å². The van der Waals surface area contributed by atoms with Gasteiger partial charge in [-0.05, 0) is 41.9 Å². The molecule has 0 radical (unpaired) electrons. The Morgan fingerprint density at radius 1 is 1.27 bits per heavy atom. The van der Waals surface area contributed by atoms with E-state index >= 15 is 0 Å². The van der Waals surface area contributed by atoms with Gasteiger partial charge in [0.2, 0.25) is 0 Å². The molecule has 1 N–H and O–H groups in total. The van der Waals surface area contributed by atoms with Crippen LogP contribution in [-0.4, -0.2) is 53.0 Å². The largest absolute Gasteiger partial charge is 0.458 e. The first-order valence-electron chi connectivity index (χ1n) is 9.48. The summed E-state index contributed by atoms with van der Waals surface area (Å²) in [5.41, 5.74) is 0.00585. The predicted molar refractivity (Wildman–Crippen MR) is 88.0 cm³/mol. The number of rotatable bonds is 1. The summed E-state index contributed by atoms with van der Waals surface area (Å²) < 4.78 is 17.6. The summed E-state index contributed by atoms with van der Waals surface area (Å²) in [6, 6.07) is 0. The third kappa shape index (κ3) is 1.33. The van der Waals surface area contributed by atoms with Crippen molar-refractivity contribution in [1.29, 1.82) is 0 Å². The van der Waals surface area contributed by atoms with Gasteiger partial charge in [-0.2, -0.15) is 0 Å². The fourth-order valence-corrected chi connectivity index (χ4v) is 6.63. The summed E-state index contributed by atoms with van der Waals surface area (Å²) in [7, 11) is 0. The quantitative estimate of drug-likeness (QED) is 0.557. The third-order valence-corrected chi connectivity index (χ3v) is 7.85. The molecule has 6 heteroatoms. The molecule has 6 aliphatic rings. The highest BCUT2D eigenvalue weighted by atomic mass is 16.7. The fourth-order valence-electron chi connectivity index (χ4n) is 6.63. The van der Waals surface area contributed by atoms with Gasteiger partial charge in [-0.15, -0.1) is 0 Å². The van der Waals surface area contributed by atoms with Crippen molar-refractivity contribution < 1.29 is 28.9 Å². The minimum atomic E-state index is -0.904. The van der Waals surface area contributed by atoms with Crippen molar-refractivity contribution in [2.24, 2.45) is 17.3 Å². The molecular weight excluding hydrogens is 336 g/mol. The summed E-state index contributed by atoms with van der Waals surface area (Å²) in [5, 5.41) is 10.7. The average Bonchev–Trinajstić information content (AvgIpc) is 3.44. The molecule has 3 aliphatic carbocycles. The molecule has 1 saturated carbocycles. The molecule has 3 heterocycles. The number of aliphatic hydroxyl groups excluding tert-OH is 1. The number of aliphatic hydroxyl groups is 1. The van der Waals surface area contributed by atoms with E-state index in [1.165, 1.54) is 0 Å². The molecule has 0 aromatic carbocycles. The van der Waals surface area contributed by atoms with Crippen molar-refractivity contribution in [3.63, 3.8) is 0 Å². The lowest BCUT2D eigenvalue weighted by Crippen LogP contribution is -2.64. The van der Waals surface area contributed by atoms with Crippen molar-refractivity contribution in [3.8, 4) is 0 Å². The highest BCUT2D eigenvalue weighted by molar-refractivity contribution is 6.08. The third-order valence-electron chi connectivity index (χ3n) is 7.85. The zero-order valence-electron chi connectivity index (χ0n) is 15.1. The van der Waals surface area contributed by atoms with Crippen LogP contribution in [0.4, 0.5) is 0 Å². The van der Waals surface area contributed by atoms with Gasteiger partial charge in [-0.25, -0.2) is 4.79 Å². The maximum absolute atomic E-state index is 13.3. The van der Waals surface area contributed by atoms with Gasteiger partial charge in [0, 0.05) is 5.41 Å². The number of carbonyl (C=O) groups is 2. The molecule has 3 fully saturated rings. The summed E-state index contributed by atoms with van der Waals surface area (Å²) in [4.78, 5) is 25.4.